The Morgan fingerprint density at radius 1 is 1.22 bits per heavy atom. The van der Waals surface area contributed by atoms with Gasteiger partial charge in [0, 0.05) is 10.5 Å². The van der Waals surface area contributed by atoms with Crippen LogP contribution in [0.1, 0.15) is 27.7 Å². The average Bonchev–Trinajstić information content (AvgIpc) is 2.26. The monoisotopic (exact) mass is 290 g/mol. The van der Waals surface area contributed by atoms with E-state index in [0.717, 1.165) is 0 Å². The molecule has 5 nitrogen and oxygen atoms in total. The number of ether oxygens (including phenoxy) is 1. The molecule has 0 atom stereocenters. The lowest BCUT2D eigenvalue weighted by Gasteiger charge is -2.27. The van der Waals surface area contributed by atoms with Crippen molar-refractivity contribution in [1.82, 2.24) is 5.32 Å². The second-order valence-electron chi connectivity index (χ2n) is 4.01. The van der Waals surface area contributed by atoms with Crippen LogP contribution < -0.4 is 5.32 Å². The number of alkyl carbamates (subject to hydrolysis) is 1. The van der Waals surface area contributed by atoms with Crippen molar-refractivity contribution >= 4 is 35.5 Å². The molecule has 0 unspecified atom stereocenters. The molecule has 0 heterocycles. The smallest absolute Gasteiger partial charge is 0.413 e. The number of nitrogens with one attached hydrogen (secondary N) is 1. The highest BCUT2D eigenvalue weighted by Crippen LogP contribution is 2.41. The Bertz CT molecular complexity index is 341. The number of rotatable bonds is 5. The lowest BCUT2D eigenvalue weighted by atomic mass is 10.4. The van der Waals surface area contributed by atoms with Crippen molar-refractivity contribution < 1.29 is 14.3 Å². The minimum absolute atomic E-state index is 0.0827. The first kappa shape index (κ1) is 17.1. The molecule has 1 N–H and O–H groups in total. The third-order valence-electron chi connectivity index (χ3n) is 1.65. The Morgan fingerprint density at radius 3 is 1.94 bits per heavy atom. The van der Waals surface area contributed by atoms with Gasteiger partial charge < -0.3 is 4.74 Å². The summed E-state index contributed by atoms with van der Waals surface area (Å²) in [5.41, 5.74) is 0. The molecule has 0 aliphatic heterocycles. The van der Waals surface area contributed by atoms with Gasteiger partial charge in [0.05, 0.1) is 7.11 Å². The lowest BCUT2D eigenvalue weighted by Crippen LogP contribution is -2.45. The fourth-order valence-electron chi connectivity index (χ4n) is 1.13. The molecule has 0 aromatic heterocycles. The second kappa shape index (κ2) is 7.54. The zero-order valence-corrected chi connectivity index (χ0v) is 12.8. The second-order valence-corrected chi connectivity index (χ2v) is 7.85. The predicted octanol–water partition coefficient (Wildman–Crippen LogP) is 2.37. The van der Waals surface area contributed by atoms with E-state index in [0.29, 0.717) is 0 Å². The molecule has 18 heavy (non-hydrogen) atoms. The summed E-state index contributed by atoms with van der Waals surface area (Å²) in [6.07, 6.45) is -0.853. The van der Waals surface area contributed by atoms with E-state index in [1.54, 1.807) is 0 Å². The fraction of sp³-hybridized carbons (Fsp3) is 0.727. The van der Waals surface area contributed by atoms with E-state index >= 15 is 0 Å². The molecule has 2 amide bonds. The molecular formula is C11H18N2O3S2. The van der Waals surface area contributed by atoms with E-state index in [2.05, 4.69) is 10.1 Å². The van der Waals surface area contributed by atoms with E-state index in [9.17, 15) is 14.9 Å². The van der Waals surface area contributed by atoms with E-state index < -0.39 is 16.1 Å². The van der Waals surface area contributed by atoms with Crippen molar-refractivity contribution in [2.75, 3.05) is 7.11 Å². The minimum atomic E-state index is -1.34. The standard InChI is InChI=1S/C11H18N2O3S2/c1-7(2)17-11(6-12,18-8(3)4)9(14)13-10(15)16-5/h7-8H,1-5H3,(H,13,14,15). The first-order chi connectivity index (χ1) is 8.27. The number of carbonyl (C=O) groups excluding carboxylic acids is 2. The van der Waals surface area contributed by atoms with Crippen LogP contribution in [0.5, 0.6) is 0 Å². The van der Waals surface area contributed by atoms with Crippen LogP contribution in [0, 0.1) is 11.3 Å². The SMILES string of the molecule is COC(=O)NC(=O)C(C#N)(SC(C)C)SC(C)C. The van der Waals surface area contributed by atoms with Gasteiger partial charge in [-0.1, -0.05) is 27.7 Å². The molecule has 0 radical (unpaired) electrons. The van der Waals surface area contributed by atoms with Crippen LogP contribution in [0.25, 0.3) is 0 Å². The number of carbonyl (C=O) groups is 2. The van der Waals surface area contributed by atoms with Gasteiger partial charge in [-0.2, -0.15) is 5.26 Å². The predicted molar refractivity (Wildman–Crippen MR) is 74.3 cm³/mol. The van der Waals surface area contributed by atoms with E-state index in [-0.39, 0.29) is 10.5 Å². The minimum Gasteiger partial charge on any atom is -0.453 e. The van der Waals surface area contributed by atoms with Gasteiger partial charge in [0.15, 0.2) is 0 Å². The molecule has 102 valence electrons. The van der Waals surface area contributed by atoms with Gasteiger partial charge in [-0.25, -0.2) is 4.79 Å². The first-order valence-corrected chi connectivity index (χ1v) is 7.19. The number of amides is 2. The van der Waals surface area contributed by atoms with Crippen molar-refractivity contribution in [3.05, 3.63) is 0 Å². The summed E-state index contributed by atoms with van der Waals surface area (Å²) in [5, 5.41) is 11.6. The van der Waals surface area contributed by atoms with Crippen LogP contribution in [0.3, 0.4) is 0 Å². The maximum atomic E-state index is 12.1. The molecule has 0 bridgehead atoms. The number of imide groups is 1. The van der Waals surface area contributed by atoms with Crippen molar-refractivity contribution in [3.63, 3.8) is 0 Å². The number of nitrogens with zero attached hydrogens (tertiary/aromatic N) is 1. The highest BCUT2D eigenvalue weighted by molar-refractivity contribution is 8.20. The summed E-state index contributed by atoms with van der Waals surface area (Å²) in [6, 6.07) is 2.01. The van der Waals surface area contributed by atoms with Crippen LogP contribution >= 0.6 is 23.5 Å². The Labute approximate surface area is 116 Å². The third-order valence-corrected chi connectivity index (χ3v) is 4.39. The summed E-state index contributed by atoms with van der Waals surface area (Å²) in [5.74, 6) is -0.644. The molecule has 0 aliphatic carbocycles. The highest BCUT2D eigenvalue weighted by atomic mass is 32.2. The van der Waals surface area contributed by atoms with E-state index in [1.807, 2.05) is 33.8 Å². The molecular weight excluding hydrogens is 272 g/mol. The van der Waals surface area contributed by atoms with Crippen LogP contribution in [0.15, 0.2) is 0 Å². The van der Waals surface area contributed by atoms with Gasteiger partial charge in [0.1, 0.15) is 6.07 Å². The Morgan fingerprint density at radius 2 is 1.67 bits per heavy atom. The van der Waals surface area contributed by atoms with Gasteiger partial charge in [0.25, 0.3) is 5.91 Å². The van der Waals surface area contributed by atoms with Gasteiger partial charge in [0.2, 0.25) is 4.08 Å². The van der Waals surface area contributed by atoms with Gasteiger partial charge in [-0.15, -0.1) is 23.5 Å². The number of nitriles is 1. The molecule has 0 rings (SSSR count). The topological polar surface area (TPSA) is 79.2 Å². The lowest BCUT2D eigenvalue weighted by molar-refractivity contribution is -0.119. The van der Waals surface area contributed by atoms with E-state index in [1.165, 1.54) is 30.6 Å². The third kappa shape index (κ3) is 5.19. The van der Waals surface area contributed by atoms with Crippen molar-refractivity contribution in [1.29, 1.82) is 5.26 Å². The largest absolute Gasteiger partial charge is 0.453 e. The number of hydrogen-bond acceptors (Lipinski definition) is 6. The van der Waals surface area contributed by atoms with Crippen LogP contribution in [0.4, 0.5) is 4.79 Å². The van der Waals surface area contributed by atoms with Crippen molar-refractivity contribution in [2.45, 2.75) is 42.3 Å². The molecule has 0 saturated carbocycles. The molecule has 0 aliphatic rings. The zero-order valence-electron chi connectivity index (χ0n) is 11.1. The number of thioether (sulfide) groups is 2. The maximum absolute atomic E-state index is 12.1. The van der Waals surface area contributed by atoms with Gasteiger partial charge in [-0.3, -0.25) is 10.1 Å². The van der Waals surface area contributed by atoms with Crippen LogP contribution in [0.2, 0.25) is 0 Å². The first-order valence-electron chi connectivity index (χ1n) is 5.43. The van der Waals surface area contributed by atoms with Crippen LogP contribution in [-0.4, -0.2) is 33.7 Å². The highest BCUT2D eigenvalue weighted by Gasteiger charge is 2.43. The quantitative estimate of drug-likeness (QED) is 0.783. The number of methoxy groups -OCH3 is 1. The fourth-order valence-corrected chi connectivity index (χ4v) is 4.25. The Balaban J connectivity index is 5.11. The Kier molecular flexibility index (Phi) is 7.18. The molecule has 0 fully saturated rings. The zero-order chi connectivity index (χ0) is 14.3. The summed E-state index contributed by atoms with van der Waals surface area (Å²) in [4.78, 5) is 23.1. The average molecular weight is 290 g/mol. The van der Waals surface area contributed by atoms with Crippen molar-refractivity contribution in [3.8, 4) is 6.07 Å². The normalized spacial score (nSPS) is 11.2. The molecule has 0 saturated heterocycles. The summed E-state index contributed by atoms with van der Waals surface area (Å²) in [6.45, 7) is 7.57. The van der Waals surface area contributed by atoms with Crippen LogP contribution in [-0.2, 0) is 9.53 Å². The molecule has 7 heteroatoms. The van der Waals surface area contributed by atoms with Gasteiger partial charge in [-0.05, 0) is 0 Å². The summed E-state index contributed by atoms with van der Waals surface area (Å²) >= 11 is 2.44. The molecule has 0 spiro atoms. The molecule has 0 aromatic carbocycles. The summed E-state index contributed by atoms with van der Waals surface area (Å²) < 4.78 is 3.03. The number of hydrogen-bond donors (Lipinski definition) is 1. The summed E-state index contributed by atoms with van der Waals surface area (Å²) in [7, 11) is 1.17. The van der Waals surface area contributed by atoms with E-state index in [4.69, 9.17) is 0 Å². The van der Waals surface area contributed by atoms with Gasteiger partial charge >= 0.3 is 6.09 Å². The van der Waals surface area contributed by atoms with Crippen molar-refractivity contribution in [2.24, 2.45) is 0 Å². The Hall–Kier alpha value is -0.870. The maximum Gasteiger partial charge on any atom is 0.413 e. The molecule has 0 aromatic rings.